The van der Waals surface area contributed by atoms with Crippen LogP contribution in [-0.2, 0) is 6.18 Å². The van der Waals surface area contributed by atoms with Gasteiger partial charge >= 0.3 is 6.18 Å². The van der Waals surface area contributed by atoms with Crippen molar-refractivity contribution in [2.24, 2.45) is 0 Å². The van der Waals surface area contributed by atoms with Gasteiger partial charge < -0.3 is 9.80 Å². The van der Waals surface area contributed by atoms with Crippen LogP contribution in [0.1, 0.15) is 20.9 Å². The van der Waals surface area contributed by atoms with Crippen LogP contribution in [0.2, 0.25) is 0 Å². The minimum Gasteiger partial charge on any atom is -0.362 e. The predicted octanol–water partition coefficient (Wildman–Crippen LogP) is 3.80. The first-order chi connectivity index (χ1) is 15.6. The van der Waals surface area contributed by atoms with E-state index in [2.05, 4.69) is 15.0 Å². The zero-order valence-corrected chi connectivity index (χ0v) is 18.1. The van der Waals surface area contributed by atoms with Crippen molar-refractivity contribution in [3.8, 4) is 10.8 Å². The average Bonchev–Trinajstić information content (AvgIpc) is 3.20. The standard InChI is InChI=1S/C20H17F3N6O3S/c1-12-16(33-18(26-12)17-24-5-2-6-25-17)19(30)28-9-7-27(8-10-28)14-4-3-13(20(21,22)23)11-15(14)29(31)32/h2-6,11H,7-10H2,1H3. The molecule has 0 bridgehead atoms. The van der Waals surface area contributed by atoms with Crippen molar-refractivity contribution in [2.45, 2.75) is 13.1 Å². The molecule has 0 spiro atoms. The number of alkyl halides is 3. The number of piperazine rings is 1. The number of hydrogen-bond acceptors (Lipinski definition) is 8. The van der Waals surface area contributed by atoms with Crippen LogP contribution in [0, 0.1) is 17.0 Å². The van der Waals surface area contributed by atoms with Crippen molar-refractivity contribution in [3.63, 3.8) is 0 Å². The molecule has 13 heteroatoms. The molecule has 1 saturated heterocycles. The number of amides is 1. The minimum absolute atomic E-state index is 0.0950. The maximum absolute atomic E-state index is 13.0. The highest BCUT2D eigenvalue weighted by Crippen LogP contribution is 2.37. The van der Waals surface area contributed by atoms with Gasteiger partial charge in [-0.15, -0.1) is 11.3 Å². The normalized spacial score (nSPS) is 14.4. The summed E-state index contributed by atoms with van der Waals surface area (Å²) in [6.07, 6.45) is -1.51. The molecule has 0 aliphatic carbocycles. The summed E-state index contributed by atoms with van der Waals surface area (Å²) in [5.41, 5.74) is -1.05. The van der Waals surface area contributed by atoms with Crippen molar-refractivity contribution >= 4 is 28.6 Å². The molecule has 0 radical (unpaired) electrons. The predicted molar refractivity (Wildman–Crippen MR) is 114 cm³/mol. The lowest BCUT2D eigenvalue weighted by Gasteiger charge is -2.35. The molecule has 1 amide bonds. The van der Waals surface area contributed by atoms with Gasteiger partial charge in [-0.05, 0) is 25.1 Å². The largest absolute Gasteiger partial charge is 0.416 e. The van der Waals surface area contributed by atoms with Crippen molar-refractivity contribution in [2.75, 3.05) is 31.1 Å². The van der Waals surface area contributed by atoms with Gasteiger partial charge in [0, 0.05) is 44.6 Å². The molecule has 2 aromatic heterocycles. The van der Waals surface area contributed by atoms with E-state index in [0.29, 0.717) is 27.5 Å². The van der Waals surface area contributed by atoms with Crippen molar-refractivity contribution in [1.82, 2.24) is 19.9 Å². The number of carbonyl (C=O) groups excluding carboxylic acids is 1. The number of thiazole rings is 1. The minimum atomic E-state index is -4.68. The second-order valence-electron chi connectivity index (χ2n) is 7.24. The second kappa shape index (κ2) is 8.73. The molecular formula is C20H17F3N6O3S. The van der Waals surface area contributed by atoms with Crippen molar-refractivity contribution in [3.05, 3.63) is 62.9 Å². The average molecular weight is 478 g/mol. The fourth-order valence-corrected chi connectivity index (χ4v) is 4.49. The van der Waals surface area contributed by atoms with Crippen molar-refractivity contribution in [1.29, 1.82) is 0 Å². The van der Waals surface area contributed by atoms with E-state index in [1.165, 1.54) is 11.3 Å². The fourth-order valence-electron chi connectivity index (χ4n) is 3.51. The molecule has 0 N–H and O–H groups in total. The molecular weight excluding hydrogens is 461 g/mol. The number of nitro groups is 1. The molecule has 3 heterocycles. The Bertz CT molecular complexity index is 1190. The van der Waals surface area contributed by atoms with Crippen molar-refractivity contribution < 1.29 is 22.9 Å². The van der Waals surface area contributed by atoms with Crippen LogP contribution < -0.4 is 4.90 Å². The fraction of sp³-hybridized carbons (Fsp3) is 0.300. The third-order valence-corrected chi connectivity index (χ3v) is 6.30. The number of nitro benzene ring substituents is 1. The summed E-state index contributed by atoms with van der Waals surface area (Å²) >= 11 is 1.18. The monoisotopic (exact) mass is 478 g/mol. The third-order valence-electron chi connectivity index (χ3n) is 5.15. The first-order valence-corrected chi connectivity index (χ1v) is 10.6. The van der Waals surface area contributed by atoms with Crippen LogP contribution in [0.4, 0.5) is 24.5 Å². The summed E-state index contributed by atoms with van der Waals surface area (Å²) in [6.45, 7) is 2.71. The summed E-state index contributed by atoms with van der Waals surface area (Å²) in [7, 11) is 0. The Morgan fingerprint density at radius 3 is 2.42 bits per heavy atom. The van der Waals surface area contributed by atoms with Crippen LogP contribution in [0.25, 0.3) is 10.8 Å². The number of aryl methyl sites for hydroxylation is 1. The smallest absolute Gasteiger partial charge is 0.362 e. The molecule has 0 atom stereocenters. The molecule has 1 aromatic carbocycles. The van der Waals surface area contributed by atoms with Crippen LogP contribution in [0.15, 0.2) is 36.7 Å². The summed E-state index contributed by atoms with van der Waals surface area (Å²) in [5.74, 6) is 0.192. The summed E-state index contributed by atoms with van der Waals surface area (Å²) in [5, 5.41) is 11.9. The molecule has 1 fully saturated rings. The molecule has 4 rings (SSSR count). The van der Waals surface area contributed by atoms with Crippen LogP contribution in [0.3, 0.4) is 0 Å². The van der Waals surface area contributed by atoms with E-state index in [1.807, 2.05) is 0 Å². The van der Waals surface area contributed by atoms with Gasteiger partial charge in [0.25, 0.3) is 11.6 Å². The van der Waals surface area contributed by atoms with Gasteiger partial charge in [-0.3, -0.25) is 14.9 Å². The third kappa shape index (κ3) is 4.62. The lowest BCUT2D eigenvalue weighted by Crippen LogP contribution is -2.49. The maximum atomic E-state index is 13.0. The number of aromatic nitrogens is 3. The molecule has 9 nitrogen and oxygen atoms in total. The number of nitrogens with zero attached hydrogens (tertiary/aromatic N) is 6. The lowest BCUT2D eigenvalue weighted by molar-refractivity contribution is -0.384. The number of halogens is 3. The Morgan fingerprint density at radius 2 is 1.82 bits per heavy atom. The van der Waals surface area contributed by atoms with Gasteiger partial charge in [-0.25, -0.2) is 15.0 Å². The van der Waals surface area contributed by atoms with Gasteiger partial charge in [-0.1, -0.05) is 0 Å². The molecule has 1 aliphatic heterocycles. The van der Waals surface area contributed by atoms with Gasteiger partial charge in [0.2, 0.25) is 0 Å². The summed E-state index contributed by atoms with van der Waals surface area (Å²) < 4.78 is 38.9. The molecule has 1 aliphatic rings. The highest BCUT2D eigenvalue weighted by Gasteiger charge is 2.34. The first-order valence-electron chi connectivity index (χ1n) is 9.80. The number of carbonyl (C=O) groups is 1. The van der Waals surface area contributed by atoms with E-state index >= 15 is 0 Å². The molecule has 0 saturated carbocycles. The van der Waals surface area contributed by atoms with Crippen LogP contribution >= 0.6 is 11.3 Å². The van der Waals surface area contributed by atoms with Crippen LogP contribution in [-0.4, -0.2) is 56.9 Å². The zero-order valence-electron chi connectivity index (χ0n) is 17.2. The number of hydrogen-bond donors (Lipinski definition) is 0. The van der Waals surface area contributed by atoms with Gasteiger partial charge in [-0.2, -0.15) is 13.2 Å². The molecule has 172 valence electrons. The van der Waals surface area contributed by atoms with Gasteiger partial charge in [0.1, 0.15) is 10.6 Å². The summed E-state index contributed by atoms with van der Waals surface area (Å²) in [4.78, 5) is 39.9. The van der Waals surface area contributed by atoms with Crippen LogP contribution in [0.5, 0.6) is 0 Å². The van der Waals surface area contributed by atoms with E-state index in [9.17, 15) is 28.1 Å². The number of anilines is 1. The molecule has 3 aromatic rings. The van der Waals surface area contributed by atoms with E-state index in [0.717, 1.165) is 12.1 Å². The SMILES string of the molecule is Cc1nc(-c2ncccn2)sc1C(=O)N1CCN(c2ccc(C(F)(F)F)cc2[N+](=O)[O-])CC1. The number of rotatable bonds is 4. The molecule has 0 unspecified atom stereocenters. The Kier molecular flexibility index (Phi) is 5.97. The number of benzene rings is 1. The summed E-state index contributed by atoms with van der Waals surface area (Å²) in [6, 6.07) is 4.16. The molecule has 33 heavy (non-hydrogen) atoms. The highest BCUT2D eigenvalue weighted by atomic mass is 32.1. The Balaban J connectivity index is 1.49. The second-order valence-corrected chi connectivity index (χ2v) is 8.24. The maximum Gasteiger partial charge on any atom is 0.416 e. The van der Waals surface area contributed by atoms with Gasteiger partial charge in [0.05, 0.1) is 16.2 Å². The van der Waals surface area contributed by atoms with E-state index < -0.39 is 22.4 Å². The lowest BCUT2D eigenvalue weighted by atomic mass is 10.1. The topological polar surface area (TPSA) is 105 Å². The van der Waals surface area contributed by atoms with E-state index in [1.54, 1.807) is 35.2 Å². The Hall–Kier alpha value is -3.61. The van der Waals surface area contributed by atoms with E-state index in [-0.39, 0.29) is 37.8 Å². The highest BCUT2D eigenvalue weighted by molar-refractivity contribution is 7.17. The Morgan fingerprint density at radius 1 is 1.15 bits per heavy atom. The van der Waals surface area contributed by atoms with E-state index in [4.69, 9.17) is 0 Å². The quantitative estimate of drug-likeness (QED) is 0.415. The first kappa shape index (κ1) is 22.6. The van der Waals surface area contributed by atoms with Gasteiger partial charge in [0.15, 0.2) is 10.8 Å². The zero-order chi connectivity index (χ0) is 23.8. The Labute approximate surface area is 189 Å².